The van der Waals surface area contributed by atoms with Gasteiger partial charge in [0.1, 0.15) is 6.61 Å². The van der Waals surface area contributed by atoms with Gasteiger partial charge >= 0.3 is 0 Å². The zero-order chi connectivity index (χ0) is 19.4. The molecular formula is C20H24N2O4S. The third-order valence-corrected chi connectivity index (χ3v) is 5.83. The van der Waals surface area contributed by atoms with Crippen LogP contribution in [0.4, 0.5) is 0 Å². The third kappa shape index (κ3) is 4.21. The van der Waals surface area contributed by atoms with Crippen molar-refractivity contribution in [3.63, 3.8) is 0 Å². The molecule has 1 saturated heterocycles. The number of aliphatic hydroxyl groups is 1. The summed E-state index contributed by atoms with van der Waals surface area (Å²) >= 11 is 1.50. The summed E-state index contributed by atoms with van der Waals surface area (Å²) in [7, 11) is 1.45. The standard InChI is InChI=1S/C20H24N2O4S/c1-20(25)10-11-22(19(24)14-7-4-3-5-8-14)17(15-9-6-12-27-15)18(20)21-16(23)13-26-2/h3-9,12,17-18,25H,10-11,13H2,1-2H3,(H,21,23)/t17-,18-,20+/m0/s1. The summed E-state index contributed by atoms with van der Waals surface area (Å²) in [5.74, 6) is -0.436. The van der Waals surface area contributed by atoms with E-state index in [-0.39, 0.29) is 18.4 Å². The number of nitrogens with one attached hydrogen (secondary N) is 1. The maximum absolute atomic E-state index is 13.2. The maximum atomic E-state index is 13.2. The van der Waals surface area contributed by atoms with Crippen molar-refractivity contribution in [3.8, 4) is 0 Å². The highest BCUT2D eigenvalue weighted by atomic mass is 32.1. The lowest BCUT2D eigenvalue weighted by Gasteiger charge is -2.48. The van der Waals surface area contributed by atoms with E-state index in [9.17, 15) is 14.7 Å². The summed E-state index contributed by atoms with van der Waals surface area (Å²) < 4.78 is 4.91. The third-order valence-electron chi connectivity index (χ3n) is 4.89. The minimum absolute atomic E-state index is 0.101. The highest BCUT2D eigenvalue weighted by molar-refractivity contribution is 7.10. The van der Waals surface area contributed by atoms with Gasteiger partial charge in [-0.25, -0.2) is 0 Å². The van der Waals surface area contributed by atoms with Crippen LogP contribution in [0.15, 0.2) is 47.8 Å². The summed E-state index contributed by atoms with van der Waals surface area (Å²) in [5.41, 5.74) is -0.562. The van der Waals surface area contributed by atoms with Crippen LogP contribution in [-0.2, 0) is 9.53 Å². The van der Waals surface area contributed by atoms with Crippen LogP contribution in [0.3, 0.4) is 0 Å². The van der Waals surface area contributed by atoms with Crippen molar-refractivity contribution in [2.45, 2.75) is 31.0 Å². The summed E-state index contributed by atoms with van der Waals surface area (Å²) in [6, 6.07) is 11.8. The first kappa shape index (κ1) is 19.5. The van der Waals surface area contributed by atoms with E-state index in [2.05, 4.69) is 5.32 Å². The Hall–Kier alpha value is -2.22. The number of rotatable bonds is 5. The molecule has 2 N–H and O–H groups in total. The van der Waals surface area contributed by atoms with Gasteiger partial charge in [0.25, 0.3) is 5.91 Å². The van der Waals surface area contributed by atoms with Crippen molar-refractivity contribution in [1.82, 2.24) is 10.2 Å². The van der Waals surface area contributed by atoms with Crippen LogP contribution in [0.1, 0.15) is 34.6 Å². The highest BCUT2D eigenvalue weighted by Crippen LogP contribution is 2.39. The van der Waals surface area contributed by atoms with Crippen LogP contribution in [-0.4, -0.2) is 53.7 Å². The Morgan fingerprint density at radius 3 is 2.67 bits per heavy atom. The van der Waals surface area contributed by atoms with Gasteiger partial charge in [0.05, 0.1) is 17.7 Å². The van der Waals surface area contributed by atoms with E-state index in [4.69, 9.17) is 4.74 Å². The Kier molecular flexibility index (Phi) is 5.94. The molecule has 0 spiro atoms. The van der Waals surface area contributed by atoms with E-state index < -0.39 is 17.7 Å². The number of piperidine rings is 1. The van der Waals surface area contributed by atoms with Gasteiger partial charge in [0, 0.05) is 24.1 Å². The second-order valence-electron chi connectivity index (χ2n) is 6.91. The van der Waals surface area contributed by atoms with Crippen LogP contribution >= 0.6 is 11.3 Å². The molecule has 2 heterocycles. The van der Waals surface area contributed by atoms with E-state index in [1.165, 1.54) is 18.4 Å². The number of likely N-dealkylation sites (tertiary alicyclic amines) is 1. The molecule has 0 aliphatic carbocycles. The molecule has 0 unspecified atom stereocenters. The molecule has 27 heavy (non-hydrogen) atoms. The number of thiophene rings is 1. The van der Waals surface area contributed by atoms with Gasteiger partial charge in [-0.15, -0.1) is 11.3 Å². The lowest BCUT2D eigenvalue weighted by Crippen LogP contribution is -2.63. The first-order valence-electron chi connectivity index (χ1n) is 8.84. The molecule has 2 amide bonds. The molecule has 144 valence electrons. The first-order valence-corrected chi connectivity index (χ1v) is 9.72. The fraction of sp³-hybridized carbons (Fsp3) is 0.400. The molecule has 3 rings (SSSR count). The van der Waals surface area contributed by atoms with E-state index in [1.807, 2.05) is 35.7 Å². The Balaban J connectivity index is 1.98. The number of benzene rings is 1. The van der Waals surface area contributed by atoms with Crippen LogP contribution in [0.2, 0.25) is 0 Å². The molecule has 1 aromatic carbocycles. The van der Waals surface area contributed by atoms with E-state index in [1.54, 1.807) is 24.0 Å². The smallest absolute Gasteiger partial charge is 0.254 e. The lowest BCUT2D eigenvalue weighted by molar-refractivity contribution is -0.131. The van der Waals surface area contributed by atoms with Gasteiger partial charge in [-0.05, 0) is 36.9 Å². The minimum atomic E-state index is -1.15. The second-order valence-corrected chi connectivity index (χ2v) is 7.89. The molecular weight excluding hydrogens is 364 g/mol. The van der Waals surface area contributed by atoms with Crippen molar-refractivity contribution >= 4 is 23.2 Å². The van der Waals surface area contributed by atoms with Crippen LogP contribution < -0.4 is 5.32 Å². The fourth-order valence-electron chi connectivity index (χ4n) is 3.49. The Morgan fingerprint density at radius 1 is 1.30 bits per heavy atom. The number of nitrogens with zero attached hydrogens (tertiary/aromatic N) is 1. The number of hydrogen-bond acceptors (Lipinski definition) is 5. The lowest BCUT2D eigenvalue weighted by atomic mass is 9.81. The van der Waals surface area contributed by atoms with Gasteiger partial charge in [0.2, 0.25) is 5.91 Å². The van der Waals surface area contributed by atoms with Crippen LogP contribution in [0.25, 0.3) is 0 Å². The predicted octanol–water partition coefficient (Wildman–Crippen LogP) is 2.22. The Bertz CT molecular complexity index is 777. The molecule has 7 heteroatoms. The van der Waals surface area contributed by atoms with Crippen molar-refractivity contribution in [2.24, 2.45) is 0 Å². The number of methoxy groups -OCH3 is 1. The SMILES string of the molecule is COCC(=O)N[C@H]1[C@H](c2cccs2)N(C(=O)c2ccccc2)CC[C@@]1(C)O. The van der Waals surface area contributed by atoms with Crippen molar-refractivity contribution in [3.05, 3.63) is 58.3 Å². The molecule has 0 saturated carbocycles. The summed E-state index contributed by atoms with van der Waals surface area (Å²) in [5, 5.41) is 15.8. The molecule has 1 aliphatic rings. The number of amides is 2. The summed E-state index contributed by atoms with van der Waals surface area (Å²) in [6.07, 6.45) is 0.366. The largest absolute Gasteiger partial charge is 0.388 e. The van der Waals surface area contributed by atoms with Crippen molar-refractivity contribution in [1.29, 1.82) is 0 Å². The predicted molar refractivity (Wildman–Crippen MR) is 104 cm³/mol. The van der Waals surface area contributed by atoms with Gasteiger partial charge in [-0.3, -0.25) is 9.59 Å². The van der Waals surface area contributed by atoms with Gasteiger partial charge in [-0.2, -0.15) is 0 Å². The Labute approximate surface area is 162 Å². The van der Waals surface area contributed by atoms with Gasteiger partial charge in [-0.1, -0.05) is 24.3 Å². The monoisotopic (exact) mass is 388 g/mol. The number of carbonyl (C=O) groups is 2. The molecule has 0 bridgehead atoms. The quantitative estimate of drug-likeness (QED) is 0.823. The second kappa shape index (κ2) is 8.21. The molecule has 6 nitrogen and oxygen atoms in total. The van der Waals surface area contributed by atoms with Crippen LogP contribution in [0.5, 0.6) is 0 Å². The summed E-state index contributed by atoms with van der Waals surface area (Å²) in [6.45, 7) is 2.01. The topological polar surface area (TPSA) is 78.9 Å². The molecule has 1 aromatic heterocycles. The number of ether oxygens (including phenoxy) is 1. The fourth-order valence-corrected chi connectivity index (χ4v) is 4.37. The molecule has 1 aliphatic heterocycles. The Morgan fingerprint density at radius 2 is 2.04 bits per heavy atom. The number of hydrogen-bond donors (Lipinski definition) is 2. The zero-order valence-electron chi connectivity index (χ0n) is 15.4. The average molecular weight is 388 g/mol. The molecule has 0 radical (unpaired) electrons. The normalized spacial score (nSPS) is 25.2. The van der Waals surface area contributed by atoms with Crippen molar-refractivity contribution < 1.29 is 19.4 Å². The summed E-state index contributed by atoms with van der Waals surface area (Å²) in [4.78, 5) is 28.1. The molecule has 3 atom stereocenters. The molecule has 1 fully saturated rings. The van der Waals surface area contributed by atoms with Crippen molar-refractivity contribution in [2.75, 3.05) is 20.3 Å². The zero-order valence-corrected chi connectivity index (χ0v) is 16.2. The number of carbonyl (C=O) groups excluding carboxylic acids is 2. The van der Waals surface area contributed by atoms with E-state index in [0.29, 0.717) is 18.5 Å². The average Bonchev–Trinajstić information content (AvgIpc) is 3.18. The maximum Gasteiger partial charge on any atom is 0.254 e. The van der Waals surface area contributed by atoms with Crippen LogP contribution in [0, 0.1) is 0 Å². The van der Waals surface area contributed by atoms with Gasteiger partial charge < -0.3 is 20.1 Å². The van der Waals surface area contributed by atoms with Gasteiger partial charge in [0.15, 0.2) is 0 Å². The molecule has 2 aromatic rings. The first-order chi connectivity index (χ1) is 12.9. The van der Waals surface area contributed by atoms with E-state index in [0.717, 1.165) is 4.88 Å². The minimum Gasteiger partial charge on any atom is -0.388 e. The van der Waals surface area contributed by atoms with E-state index >= 15 is 0 Å². The highest BCUT2D eigenvalue weighted by Gasteiger charge is 2.48.